The Labute approximate surface area is 154 Å². The zero-order chi connectivity index (χ0) is 19.4. The van der Waals surface area contributed by atoms with E-state index in [4.69, 9.17) is 13.9 Å². The molecule has 0 spiro atoms. The van der Waals surface area contributed by atoms with E-state index in [1.165, 1.54) is 26.2 Å². The average Bonchev–Trinajstić information content (AvgIpc) is 2.64. The molecule has 0 aliphatic rings. The lowest BCUT2D eigenvalue weighted by atomic mass is 10.1. The first-order chi connectivity index (χ1) is 13.0. The van der Waals surface area contributed by atoms with Gasteiger partial charge in [0.15, 0.2) is 0 Å². The summed E-state index contributed by atoms with van der Waals surface area (Å²) in [5.74, 6) is -0.259. The van der Waals surface area contributed by atoms with Crippen molar-refractivity contribution >= 4 is 28.5 Å². The number of esters is 1. The van der Waals surface area contributed by atoms with Crippen molar-refractivity contribution in [2.75, 3.05) is 12.4 Å². The molecule has 1 heterocycles. The van der Waals surface area contributed by atoms with E-state index in [1.54, 1.807) is 36.4 Å². The molecule has 0 aliphatic heterocycles. The van der Waals surface area contributed by atoms with Gasteiger partial charge in [0.1, 0.15) is 17.9 Å². The fourth-order valence-electron chi connectivity index (χ4n) is 2.61. The molecule has 0 fully saturated rings. The number of benzene rings is 2. The van der Waals surface area contributed by atoms with Crippen LogP contribution in [0.2, 0.25) is 0 Å². The summed E-state index contributed by atoms with van der Waals surface area (Å²) in [7, 11) is 1.51. The van der Waals surface area contributed by atoms with Gasteiger partial charge in [0, 0.05) is 35.7 Å². The van der Waals surface area contributed by atoms with E-state index in [-0.39, 0.29) is 18.1 Å². The van der Waals surface area contributed by atoms with Crippen molar-refractivity contribution in [2.45, 2.75) is 13.5 Å². The van der Waals surface area contributed by atoms with Crippen LogP contribution in [0.5, 0.6) is 5.75 Å². The fraction of sp³-hybridized carbons (Fsp3) is 0.150. The van der Waals surface area contributed by atoms with E-state index in [0.29, 0.717) is 28.0 Å². The second-order valence-electron chi connectivity index (χ2n) is 5.79. The maximum Gasteiger partial charge on any atom is 0.338 e. The number of amides is 1. The van der Waals surface area contributed by atoms with Crippen LogP contribution in [0.25, 0.3) is 11.0 Å². The first-order valence-electron chi connectivity index (χ1n) is 8.12. The second kappa shape index (κ2) is 7.74. The van der Waals surface area contributed by atoms with Crippen molar-refractivity contribution in [3.8, 4) is 5.75 Å². The lowest BCUT2D eigenvalue weighted by molar-refractivity contribution is -0.114. The molecule has 3 aromatic rings. The SMILES string of the molecule is COc1ccc2c(COC(=O)c3cccc(NC(C)=O)c3)cc(=O)oc2c1. The molecule has 0 atom stereocenters. The Kier molecular flexibility index (Phi) is 5.21. The van der Waals surface area contributed by atoms with Crippen molar-refractivity contribution < 1.29 is 23.5 Å². The van der Waals surface area contributed by atoms with Gasteiger partial charge in [-0.05, 0) is 30.3 Å². The van der Waals surface area contributed by atoms with Crippen LogP contribution < -0.4 is 15.7 Å². The molecule has 0 aliphatic carbocycles. The Balaban J connectivity index is 1.81. The van der Waals surface area contributed by atoms with Crippen molar-refractivity contribution in [3.63, 3.8) is 0 Å². The van der Waals surface area contributed by atoms with Crippen molar-refractivity contribution in [1.29, 1.82) is 0 Å². The Morgan fingerprint density at radius 2 is 1.93 bits per heavy atom. The number of nitrogens with one attached hydrogen (secondary N) is 1. The van der Waals surface area contributed by atoms with E-state index in [2.05, 4.69) is 5.32 Å². The van der Waals surface area contributed by atoms with Crippen LogP contribution in [0, 0.1) is 0 Å². The molecular formula is C20H17NO6. The number of anilines is 1. The fourth-order valence-corrected chi connectivity index (χ4v) is 2.61. The minimum Gasteiger partial charge on any atom is -0.497 e. The smallest absolute Gasteiger partial charge is 0.338 e. The van der Waals surface area contributed by atoms with Gasteiger partial charge in [0.05, 0.1) is 12.7 Å². The highest BCUT2D eigenvalue weighted by Gasteiger charge is 2.12. The third-order valence-corrected chi connectivity index (χ3v) is 3.81. The van der Waals surface area contributed by atoms with Crippen LogP contribution in [0.15, 0.2) is 57.7 Å². The second-order valence-corrected chi connectivity index (χ2v) is 5.79. The molecule has 27 heavy (non-hydrogen) atoms. The van der Waals surface area contributed by atoms with Gasteiger partial charge in [-0.3, -0.25) is 4.79 Å². The minimum absolute atomic E-state index is 0.0996. The van der Waals surface area contributed by atoms with Crippen LogP contribution in [0.4, 0.5) is 5.69 Å². The third kappa shape index (κ3) is 4.33. The molecule has 3 rings (SSSR count). The maximum atomic E-state index is 12.3. The van der Waals surface area contributed by atoms with Gasteiger partial charge in [-0.2, -0.15) is 0 Å². The zero-order valence-electron chi connectivity index (χ0n) is 14.8. The highest BCUT2D eigenvalue weighted by atomic mass is 16.5. The molecule has 1 aromatic heterocycles. The lowest BCUT2D eigenvalue weighted by Crippen LogP contribution is -2.10. The number of hydrogen-bond donors (Lipinski definition) is 1. The molecule has 0 unspecified atom stereocenters. The predicted octanol–water partition coefficient (Wildman–Crippen LogP) is 3.12. The maximum absolute atomic E-state index is 12.3. The summed E-state index contributed by atoms with van der Waals surface area (Å²) in [6.07, 6.45) is 0. The molecule has 0 saturated heterocycles. The third-order valence-electron chi connectivity index (χ3n) is 3.81. The van der Waals surface area contributed by atoms with Gasteiger partial charge in [-0.1, -0.05) is 6.07 Å². The minimum atomic E-state index is -0.572. The van der Waals surface area contributed by atoms with E-state index in [0.717, 1.165) is 0 Å². The standard InChI is InChI=1S/C20H17NO6/c1-12(22)21-15-5-3-4-13(8-15)20(24)26-11-14-9-19(23)27-18-10-16(25-2)6-7-17(14)18/h3-10H,11H2,1-2H3,(H,21,22). The quantitative estimate of drug-likeness (QED) is 0.550. The predicted molar refractivity (Wildman–Crippen MR) is 98.9 cm³/mol. The topological polar surface area (TPSA) is 94.8 Å². The molecular weight excluding hydrogens is 350 g/mol. The summed E-state index contributed by atoms with van der Waals surface area (Å²) in [5.41, 5.74) is 1.11. The van der Waals surface area contributed by atoms with Crippen LogP contribution in [0.3, 0.4) is 0 Å². The molecule has 0 saturated carbocycles. The molecule has 1 amide bonds. The highest BCUT2D eigenvalue weighted by molar-refractivity contribution is 5.93. The Bertz CT molecular complexity index is 1070. The van der Waals surface area contributed by atoms with Gasteiger partial charge < -0.3 is 19.2 Å². The lowest BCUT2D eigenvalue weighted by Gasteiger charge is -2.09. The number of fused-ring (bicyclic) bond motifs is 1. The zero-order valence-corrected chi connectivity index (χ0v) is 14.8. The van der Waals surface area contributed by atoms with Crippen molar-refractivity contribution in [3.05, 3.63) is 70.1 Å². The molecule has 1 N–H and O–H groups in total. The molecule has 0 bridgehead atoms. The summed E-state index contributed by atoms with van der Waals surface area (Å²) < 4.78 is 15.6. The van der Waals surface area contributed by atoms with E-state index >= 15 is 0 Å². The van der Waals surface area contributed by atoms with Crippen LogP contribution in [0.1, 0.15) is 22.8 Å². The molecule has 2 aromatic carbocycles. The Morgan fingerprint density at radius 1 is 1.11 bits per heavy atom. The van der Waals surface area contributed by atoms with Gasteiger partial charge in [-0.15, -0.1) is 0 Å². The largest absolute Gasteiger partial charge is 0.497 e. The number of methoxy groups -OCH3 is 1. The summed E-state index contributed by atoms with van der Waals surface area (Å²) in [6, 6.07) is 12.8. The van der Waals surface area contributed by atoms with Gasteiger partial charge in [-0.25, -0.2) is 9.59 Å². The van der Waals surface area contributed by atoms with Crippen LogP contribution in [-0.4, -0.2) is 19.0 Å². The number of carbonyl (C=O) groups is 2. The van der Waals surface area contributed by atoms with Crippen molar-refractivity contribution in [2.24, 2.45) is 0 Å². The molecule has 0 radical (unpaired) electrons. The van der Waals surface area contributed by atoms with Gasteiger partial charge >= 0.3 is 11.6 Å². The number of ether oxygens (including phenoxy) is 2. The van der Waals surface area contributed by atoms with Crippen molar-refractivity contribution in [1.82, 2.24) is 0 Å². The van der Waals surface area contributed by atoms with Gasteiger partial charge in [0.2, 0.25) is 5.91 Å². The highest BCUT2D eigenvalue weighted by Crippen LogP contribution is 2.23. The van der Waals surface area contributed by atoms with Crippen LogP contribution in [-0.2, 0) is 16.1 Å². The summed E-state index contributed by atoms with van der Waals surface area (Å²) in [5, 5.41) is 3.25. The molecule has 138 valence electrons. The number of hydrogen-bond acceptors (Lipinski definition) is 6. The molecule has 7 heteroatoms. The first kappa shape index (κ1) is 18.2. The average molecular weight is 367 g/mol. The Hall–Kier alpha value is -3.61. The molecule has 7 nitrogen and oxygen atoms in total. The number of rotatable bonds is 5. The van der Waals surface area contributed by atoms with E-state index in [9.17, 15) is 14.4 Å². The summed E-state index contributed by atoms with van der Waals surface area (Å²) in [6.45, 7) is 1.28. The summed E-state index contributed by atoms with van der Waals surface area (Å²) >= 11 is 0. The monoisotopic (exact) mass is 367 g/mol. The van der Waals surface area contributed by atoms with Gasteiger partial charge in [0.25, 0.3) is 0 Å². The Morgan fingerprint density at radius 3 is 2.67 bits per heavy atom. The summed E-state index contributed by atoms with van der Waals surface area (Å²) in [4.78, 5) is 35.2. The van der Waals surface area contributed by atoms with E-state index in [1.807, 2.05) is 0 Å². The first-order valence-corrected chi connectivity index (χ1v) is 8.12. The normalized spacial score (nSPS) is 10.4. The van der Waals surface area contributed by atoms with E-state index < -0.39 is 11.6 Å². The van der Waals surface area contributed by atoms with Crippen LogP contribution >= 0.6 is 0 Å². The number of carbonyl (C=O) groups excluding carboxylic acids is 2.